The highest BCUT2D eigenvalue weighted by Gasteiger charge is 2.33. The number of anilines is 1. The Hall–Kier alpha value is -1.56. The molecule has 0 spiro atoms. The fraction of sp³-hybridized carbons (Fsp3) is 0.714. The molecule has 0 bridgehead atoms. The minimum atomic E-state index is -0.0407. The Morgan fingerprint density at radius 3 is 2.45 bits per heavy atom. The second-order valence-electron chi connectivity index (χ2n) is 6.11. The molecule has 1 amide bonds. The van der Waals surface area contributed by atoms with Gasteiger partial charge in [-0.25, -0.2) is 0 Å². The third-order valence-electron chi connectivity index (χ3n) is 4.28. The first kappa shape index (κ1) is 13.4. The molecule has 1 saturated carbocycles. The predicted molar refractivity (Wildman–Crippen MR) is 77.6 cm³/mol. The van der Waals surface area contributed by atoms with E-state index < -0.39 is 0 Å². The molecule has 3 rings (SSSR count). The van der Waals surface area contributed by atoms with Crippen molar-refractivity contribution in [3.8, 4) is 0 Å². The number of H-pyrrole nitrogens is 1. The summed E-state index contributed by atoms with van der Waals surface area (Å²) in [5.74, 6) is 0.205. The lowest BCUT2D eigenvalue weighted by Crippen LogP contribution is -2.49. The molecule has 20 heavy (non-hydrogen) atoms. The lowest BCUT2D eigenvalue weighted by atomic mass is 10.1. The first-order valence-electron chi connectivity index (χ1n) is 7.45. The maximum atomic E-state index is 12.5. The third kappa shape index (κ3) is 2.40. The average Bonchev–Trinajstić information content (AvgIpc) is 3.21. The number of nitrogens with two attached hydrogens (primary N) is 1. The molecule has 2 fully saturated rings. The van der Waals surface area contributed by atoms with E-state index in [-0.39, 0.29) is 11.8 Å². The number of nitrogen functional groups attached to an aromatic ring is 1. The van der Waals surface area contributed by atoms with Crippen molar-refractivity contribution in [1.29, 1.82) is 0 Å². The number of amides is 1. The highest BCUT2D eigenvalue weighted by atomic mass is 16.2. The molecular formula is C14H23N5O. The van der Waals surface area contributed by atoms with Crippen LogP contribution in [0, 0.1) is 0 Å². The molecule has 6 heteroatoms. The molecule has 1 aromatic heterocycles. The summed E-state index contributed by atoms with van der Waals surface area (Å²) in [7, 11) is 0. The van der Waals surface area contributed by atoms with E-state index in [0.29, 0.717) is 11.4 Å². The van der Waals surface area contributed by atoms with Gasteiger partial charge in [0.05, 0.1) is 11.4 Å². The summed E-state index contributed by atoms with van der Waals surface area (Å²) in [6.07, 6.45) is 2.63. The largest absolute Gasteiger partial charge is 0.395 e. The number of carbonyl (C=O) groups is 1. The van der Waals surface area contributed by atoms with Crippen LogP contribution in [0.4, 0.5) is 5.69 Å². The van der Waals surface area contributed by atoms with Crippen molar-refractivity contribution in [2.45, 2.75) is 38.6 Å². The Bertz CT molecular complexity index is 498. The summed E-state index contributed by atoms with van der Waals surface area (Å²) in [6.45, 7) is 7.56. The van der Waals surface area contributed by atoms with Gasteiger partial charge in [-0.05, 0) is 18.8 Å². The summed E-state index contributed by atoms with van der Waals surface area (Å²) in [6, 6.07) is 0.773. The molecule has 1 aliphatic carbocycles. The Labute approximate surface area is 119 Å². The summed E-state index contributed by atoms with van der Waals surface area (Å²) in [5.41, 5.74) is 7.79. The van der Waals surface area contributed by atoms with Gasteiger partial charge in [-0.2, -0.15) is 5.10 Å². The molecule has 0 atom stereocenters. The number of hydrogen-bond acceptors (Lipinski definition) is 4. The Morgan fingerprint density at radius 2 is 1.95 bits per heavy atom. The van der Waals surface area contributed by atoms with E-state index in [1.807, 2.05) is 18.7 Å². The van der Waals surface area contributed by atoms with Crippen molar-refractivity contribution in [2.75, 3.05) is 31.9 Å². The second kappa shape index (κ2) is 5.09. The van der Waals surface area contributed by atoms with E-state index in [9.17, 15) is 4.79 Å². The van der Waals surface area contributed by atoms with Crippen LogP contribution in [0.15, 0.2) is 0 Å². The summed E-state index contributed by atoms with van der Waals surface area (Å²) in [5, 5.41) is 7.02. The van der Waals surface area contributed by atoms with Gasteiger partial charge in [0.25, 0.3) is 5.91 Å². The van der Waals surface area contributed by atoms with Gasteiger partial charge < -0.3 is 10.6 Å². The molecule has 6 nitrogen and oxygen atoms in total. The van der Waals surface area contributed by atoms with Gasteiger partial charge in [0.2, 0.25) is 0 Å². The van der Waals surface area contributed by atoms with Crippen LogP contribution in [0.1, 0.15) is 48.8 Å². The van der Waals surface area contributed by atoms with Gasteiger partial charge in [0.1, 0.15) is 0 Å². The molecule has 0 radical (unpaired) electrons. The summed E-state index contributed by atoms with van der Waals surface area (Å²) >= 11 is 0. The maximum absolute atomic E-state index is 12.5. The monoisotopic (exact) mass is 277 g/mol. The van der Waals surface area contributed by atoms with Gasteiger partial charge in [0, 0.05) is 32.2 Å². The van der Waals surface area contributed by atoms with Crippen molar-refractivity contribution in [3.63, 3.8) is 0 Å². The molecular weight excluding hydrogens is 254 g/mol. The minimum Gasteiger partial charge on any atom is -0.395 e. The fourth-order valence-corrected chi connectivity index (χ4v) is 2.85. The fourth-order valence-electron chi connectivity index (χ4n) is 2.85. The van der Waals surface area contributed by atoms with Crippen LogP contribution >= 0.6 is 0 Å². The van der Waals surface area contributed by atoms with E-state index in [2.05, 4.69) is 15.1 Å². The molecule has 1 aliphatic heterocycles. The number of carbonyl (C=O) groups excluding carboxylic acids is 1. The first-order valence-corrected chi connectivity index (χ1v) is 7.45. The Morgan fingerprint density at radius 1 is 1.30 bits per heavy atom. The number of aromatic nitrogens is 2. The molecule has 1 saturated heterocycles. The van der Waals surface area contributed by atoms with Crippen LogP contribution in [-0.2, 0) is 0 Å². The van der Waals surface area contributed by atoms with Crippen LogP contribution in [0.3, 0.4) is 0 Å². The zero-order valence-corrected chi connectivity index (χ0v) is 12.2. The van der Waals surface area contributed by atoms with Crippen molar-refractivity contribution >= 4 is 11.6 Å². The Balaban J connectivity index is 1.67. The Kier molecular flexibility index (Phi) is 3.41. The van der Waals surface area contributed by atoms with Crippen molar-refractivity contribution < 1.29 is 4.79 Å². The average molecular weight is 277 g/mol. The second-order valence-corrected chi connectivity index (χ2v) is 6.11. The molecule has 110 valence electrons. The van der Waals surface area contributed by atoms with E-state index >= 15 is 0 Å². The lowest BCUT2D eigenvalue weighted by molar-refractivity contribution is 0.0622. The van der Waals surface area contributed by atoms with E-state index in [4.69, 9.17) is 5.73 Å². The predicted octanol–water partition coefficient (Wildman–Crippen LogP) is 1.04. The third-order valence-corrected chi connectivity index (χ3v) is 4.28. The lowest BCUT2D eigenvalue weighted by Gasteiger charge is -2.34. The highest BCUT2D eigenvalue weighted by Crippen LogP contribution is 2.28. The van der Waals surface area contributed by atoms with Crippen LogP contribution in [0.2, 0.25) is 0 Å². The van der Waals surface area contributed by atoms with Gasteiger partial charge in [-0.15, -0.1) is 0 Å². The van der Waals surface area contributed by atoms with Gasteiger partial charge in [0.15, 0.2) is 5.69 Å². The smallest absolute Gasteiger partial charge is 0.276 e. The molecule has 3 N–H and O–H groups in total. The molecule has 2 aliphatic rings. The molecule has 0 unspecified atom stereocenters. The SMILES string of the molecule is CC(C)c1[nH]nc(C(=O)N2CCN(C3CC3)CC2)c1N. The van der Waals surface area contributed by atoms with E-state index in [0.717, 1.165) is 37.9 Å². The number of nitrogens with zero attached hydrogens (tertiary/aromatic N) is 3. The number of aromatic amines is 1. The number of nitrogens with one attached hydrogen (secondary N) is 1. The number of hydrogen-bond donors (Lipinski definition) is 2. The van der Waals surface area contributed by atoms with Crippen molar-refractivity contribution in [1.82, 2.24) is 20.0 Å². The summed E-state index contributed by atoms with van der Waals surface area (Å²) in [4.78, 5) is 16.8. The quantitative estimate of drug-likeness (QED) is 0.865. The van der Waals surface area contributed by atoms with E-state index in [1.165, 1.54) is 12.8 Å². The molecule has 1 aromatic rings. The normalized spacial score (nSPS) is 20.6. The zero-order valence-electron chi connectivity index (χ0n) is 12.2. The molecule has 2 heterocycles. The minimum absolute atomic E-state index is 0.0407. The van der Waals surface area contributed by atoms with Crippen LogP contribution in [0.5, 0.6) is 0 Å². The van der Waals surface area contributed by atoms with Gasteiger partial charge in [-0.1, -0.05) is 13.8 Å². The standard InChI is InChI=1S/C14H23N5O/c1-9(2)12-11(15)13(17-16-12)14(20)19-7-5-18(6-8-19)10-3-4-10/h9-10H,3-8,15H2,1-2H3,(H,16,17). The van der Waals surface area contributed by atoms with E-state index in [1.54, 1.807) is 0 Å². The molecule has 0 aromatic carbocycles. The maximum Gasteiger partial charge on any atom is 0.276 e. The van der Waals surface area contributed by atoms with Gasteiger partial charge >= 0.3 is 0 Å². The first-order chi connectivity index (χ1) is 9.58. The van der Waals surface area contributed by atoms with Crippen molar-refractivity contribution in [3.05, 3.63) is 11.4 Å². The number of piperazine rings is 1. The van der Waals surface area contributed by atoms with Gasteiger partial charge in [-0.3, -0.25) is 14.8 Å². The highest BCUT2D eigenvalue weighted by molar-refractivity contribution is 5.97. The van der Waals surface area contributed by atoms with Crippen LogP contribution in [0.25, 0.3) is 0 Å². The summed E-state index contributed by atoms with van der Waals surface area (Å²) < 4.78 is 0. The zero-order chi connectivity index (χ0) is 14.3. The van der Waals surface area contributed by atoms with Crippen LogP contribution < -0.4 is 5.73 Å². The van der Waals surface area contributed by atoms with Crippen molar-refractivity contribution in [2.24, 2.45) is 0 Å². The topological polar surface area (TPSA) is 78.2 Å². The van der Waals surface area contributed by atoms with Crippen LogP contribution in [-0.4, -0.2) is 58.1 Å². The number of rotatable bonds is 3.